The molecule has 1 saturated heterocycles. The third kappa shape index (κ3) is 2.82. The quantitative estimate of drug-likeness (QED) is 0.698. The number of carbonyl (C=O) groups excluding carboxylic acids is 1. The smallest absolute Gasteiger partial charge is 0.225 e. The van der Waals surface area contributed by atoms with E-state index in [0.717, 1.165) is 32.5 Å². The molecule has 0 spiro atoms. The molecule has 1 saturated carbocycles. The fourth-order valence-electron chi connectivity index (χ4n) is 3.04. The number of likely N-dealkylation sites (N-methyl/N-ethyl adjacent to an activating group) is 1. The maximum absolute atomic E-state index is 12.5. The Morgan fingerprint density at radius 3 is 2.35 bits per heavy atom. The second kappa shape index (κ2) is 4.97. The molecule has 3 heteroatoms. The number of hydrogen-bond acceptors (Lipinski definition) is 2. The summed E-state index contributed by atoms with van der Waals surface area (Å²) < 4.78 is 0. The van der Waals surface area contributed by atoms with Crippen LogP contribution in [0.15, 0.2) is 0 Å². The van der Waals surface area contributed by atoms with E-state index in [1.54, 1.807) is 0 Å². The minimum atomic E-state index is 0.128. The number of rotatable bonds is 1. The largest absolute Gasteiger partial charge is 0.339 e. The molecule has 3 nitrogen and oxygen atoms in total. The average Bonchev–Trinajstić information content (AvgIpc) is 2.33. The van der Waals surface area contributed by atoms with Gasteiger partial charge in [0, 0.05) is 31.1 Å². The van der Waals surface area contributed by atoms with E-state index in [4.69, 9.17) is 0 Å². The number of nitrogens with zero attached hydrogens (tertiary/aromatic N) is 2. The Morgan fingerprint density at radius 2 is 1.76 bits per heavy atom. The minimum absolute atomic E-state index is 0.128. The average molecular weight is 238 g/mol. The molecular weight excluding hydrogens is 212 g/mol. The Kier molecular flexibility index (Phi) is 3.76. The van der Waals surface area contributed by atoms with Gasteiger partial charge in [-0.25, -0.2) is 0 Å². The zero-order valence-electron chi connectivity index (χ0n) is 11.5. The fraction of sp³-hybridized carbons (Fsp3) is 0.929. The fourth-order valence-corrected chi connectivity index (χ4v) is 3.04. The molecular formula is C14H26N2O. The summed E-state index contributed by atoms with van der Waals surface area (Å²) in [5.74, 6) is 0.744. The Morgan fingerprint density at radius 1 is 1.12 bits per heavy atom. The van der Waals surface area contributed by atoms with Crippen LogP contribution in [0.5, 0.6) is 0 Å². The summed E-state index contributed by atoms with van der Waals surface area (Å²) in [7, 11) is 2.16. The van der Waals surface area contributed by atoms with Gasteiger partial charge in [0.25, 0.3) is 0 Å². The molecule has 1 aliphatic carbocycles. The second-order valence-electron chi connectivity index (χ2n) is 6.33. The highest BCUT2D eigenvalue weighted by Gasteiger charge is 2.35. The third-order valence-corrected chi connectivity index (χ3v) is 4.58. The first-order valence-corrected chi connectivity index (χ1v) is 7.01. The van der Waals surface area contributed by atoms with Crippen LogP contribution >= 0.6 is 0 Å². The van der Waals surface area contributed by atoms with Gasteiger partial charge < -0.3 is 4.90 Å². The van der Waals surface area contributed by atoms with Crippen molar-refractivity contribution < 1.29 is 4.79 Å². The van der Waals surface area contributed by atoms with Crippen LogP contribution in [-0.4, -0.2) is 47.9 Å². The SMILES string of the molecule is CN1CCN(C(=O)C2CCCCC2)CC1(C)C. The lowest BCUT2D eigenvalue weighted by Gasteiger charge is -2.46. The van der Waals surface area contributed by atoms with Gasteiger partial charge in [-0.1, -0.05) is 19.3 Å². The van der Waals surface area contributed by atoms with Crippen molar-refractivity contribution in [2.75, 3.05) is 26.7 Å². The molecule has 1 heterocycles. The molecule has 17 heavy (non-hydrogen) atoms. The Bertz CT molecular complexity index is 282. The van der Waals surface area contributed by atoms with Crippen molar-refractivity contribution in [3.05, 3.63) is 0 Å². The number of piperazine rings is 1. The summed E-state index contributed by atoms with van der Waals surface area (Å²) in [6.07, 6.45) is 6.04. The van der Waals surface area contributed by atoms with E-state index in [-0.39, 0.29) is 5.54 Å². The van der Waals surface area contributed by atoms with E-state index >= 15 is 0 Å². The molecule has 2 aliphatic rings. The molecule has 0 aromatic rings. The molecule has 0 bridgehead atoms. The topological polar surface area (TPSA) is 23.6 Å². The number of hydrogen-bond donors (Lipinski definition) is 0. The van der Waals surface area contributed by atoms with Gasteiger partial charge in [-0.2, -0.15) is 0 Å². The van der Waals surface area contributed by atoms with Gasteiger partial charge in [0.1, 0.15) is 0 Å². The van der Waals surface area contributed by atoms with E-state index in [1.807, 2.05) is 0 Å². The van der Waals surface area contributed by atoms with Gasteiger partial charge in [-0.15, -0.1) is 0 Å². The first-order valence-electron chi connectivity index (χ1n) is 7.01. The molecule has 1 amide bonds. The third-order valence-electron chi connectivity index (χ3n) is 4.58. The summed E-state index contributed by atoms with van der Waals surface area (Å²) in [4.78, 5) is 16.9. The highest BCUT2D eigenvalue weighted by atomic mass is 16.2. The zero-order chi connectivity index (χ0) is 12.5. The minimum Gasteiger partial charge on any atom is -0.339 e. The first-order chi connectivity index (χ1) is 8.00. The van der Waals surface area contributed by atoms with Crippen LogP contribution in [-0.2, 0) is 4.79 Å². The second-order valence-corrected chi connectivity index (χ2v) is 6.33. The molecule has 1 aliphatic heterocycles. The monoisotopic (exact) mass is 238 g/mol. The predicted molar refractivity (Wildman–Crippen MR) is 69.9 cm³/mol. The molecule has 0 aromatic heterocycles. The zero-order valence-corrected chi connectivity index (χ0v) is 11.5. The van der Waals surface area contributed by atoms with Crippen molar-refractivity contribution in [2.45, 2.75) is 51.5 Å². The summed E-state index contributed by atoms with van der Waals surface area (Å²) in [6.45, 7) is 7.26. The molecule has 2 fully saturated rings. The molecule has 2 rings (SSSR count). The molecule has 0 unspecified atom stereocenters. The van der Waals surface area contributed by atoms with E-state index in [1.165, 1.54) is 19.3 Å². The van der Waals surface area contributed by atoms with Crippen LogP contribution in [0.2, 0.25) is 0 Å². The van der Waals surface area contributed by atoms with Crippen LogP contribution in [0.1, 0.15) is 46.0 Å². The van der Waals surface area contributed by atoms with Crippen LogP contribution in [0.3, 0.4) is 0 Å². The highest BCUT2D eigenvalue weighted by molar-refractivity contribution is 5.79. The maximum Gasteiger partial charge on any atom is 0.225 e. The van der Waals surface area contributed by atoms with Gasteiger partial charge in [0.05, 0.1) is 0 Å². The van der Waals surface area contributed by atoms with Crippen LogP contribution in [0, 0.1) is 5.92 Å². The molecule has 0 radical (unpaired) electrons. The lowest BCUT2D eigenvalue weighted by atomic mass is 9.87. The molecule has 98 valence electrons. The predicted octanol–water partition coefficient (Wildman–Crippen LogP) is 2.12. The summed E-state index contributed by atoms with van der Waals surface area (Å²) in [5, 5.41) is 0. The Balaban J connectivity index is 1.95. The summed E-state index contributed by atoms with van der Waals surface area (Å²) in [5.41, 5.74) is 0.128. The Hall–Kier alpha value is -0.570. The van der Waals surface area contributed by atoms with Crippen molar-refractivity contribution in [1.82, 2.24) is 9.80 Å². The van der Waals surface area contributed by atoms with Crippen molar-refractivity contribution >= 4 is 5.91 Å². The number of amides is 1. The van der Waals surface area contributed by atoms with Crippen LogP contribution in [0.25, 0.3) is 0 Å². The summed E-state index contributed by atoms with van der Waals surface area (Å²) >= 11 is 0. The molecule has 0 N–H and O–H groups in total. The van der Waals surface area contributed by atoms with Gasteiger partial charge in [0.2, 0.25) is 5.91 Å². The molecule has 0 aromatic carbocycles. The van der Waals surface area contributed by atoms with Crippen molar-refractivity contribution in [3.8, 4) is 0 Å². The van der Waals surface area contributed by atoms with Gasteiger partial charge >= 0.3 is 0 Å². The van der Waals surface area contributed by atoms with Gasteiger partial charge in [0.15, 0.2) is 0 Å². The highest BCUT2D eigenvalue weighted by Crippen LogP contribution is 2.27. The Labute approximate surface area is 105 Å². The van der Waals surface area contributed by atoms with Gasteiger partial charge in [-0.05, 0) is 33.7 Å². The standard InChI is InChI=1S/C14H26N2O/c1-14(2)11-16(10-9-15(14)3)13(17)12-7-5-4-6-8-12/h12H,4-11H2,1-3H3. The van der Waals surface area contributed by atoms with E-state index < -0.39 is 0 Å². The first kappa shape index (κ1) is 12.9. The molecule has 0 atom stereocenters. The lowest BCUT2D eigenvalue weighted by Crippen LogP contribution is -2.59. The van der Waals surface area contributed by atoms with Gasteiger partial charge in [-0.3, -0.25) is 9.69 Å². The van der Waals surface area contributed by atoms with Crippen LogP contribution in [0.4, 0.5) is 0 Å². The van der Waals surface area contributed by atoms with Crippen LogP contribution < -0.4 is 0 Å². The van der Waals surface area contributed by atoms with E-state index in [0.29, 0.717) is 11.8 Å². The van der Waals surface area contributed by atoms with E-state index in [9.17, 15) is 4.79 Å². The maximum atomic E-state index is 12.5. The van der Waals surface area contributed by atoms with Crippen molar-refractivity contribution in [2.24, 2.45) is 5.92 Å². The van der Waals surface area contributed by atoms with Crippen molar-refractivity contribution in [3.63, 3.8) is 0 Å². The summed E-state index contributed by atoms with van der Waals surface area (Å²) in [6, 6.07) is 0. The number of carbonyl (C=O) groups is 1. The van der Waals surface area contributed by atoms with E-state index in [2.05, 4.69) is 30.7 Å². The normalized spacial score (nSPS) is 27.1. The lowest BCUT2D eigenvalue weighted by molar-refractivity contribution is -0.141. The van der Waals surface area contributed by atoms with Crippen molar-refractivity contribution in [1.29, 1.82) is 0 Å².